The molecule has 1 N–H and O–H groups in total. The number of anilines is 1. The van der Waals surface area contributed by atoms with Crippen molar-refractivity contribution in [2.45, 2.75) is 32.4 Å². The third kappa shape index (κ3) is 6.06. The number of rotatable bonds is 9. The van der Waals surface area contributed by atoms with Gasteiger partial charge in [0.05, 0.1) is 11.8 Å². The van der Waals surface area contributed by atoms with E-state index < -0.39 is 8.07 Å². The number of amides is 1. The van der Waals surface area contributed by atoms with E-state index in [1.165, 1.54) is 0 Å². The molecule has 4 aromatic rings. The molecule has 170 valence electrons. The SMILES string of the molecule is C[Si](C)(C)CCOCn1cc(C(=O)Nc2ccccc2)c2nc(Oc3ccccc3)cnc21. The molecule has 0 atom stereocenters. The molecule has 33 heavy (non-hydrogen) atoms. The first kappa shape index (κ1) is 22.7. The average Bonchev–Trinajstić information content (AvgIpc) is 3.15. The first-order valence-electron chi connectivity index (χ1n) is 10.9. The third-order valence-corrected chi connectivity index (χ3v) is 6.72. The van der Waals surface area contributed by atoms with Gasteiger partial charge < -0.3 is 19.4 Å². The van der Waals surface area contributed by atoms with Crippen LogP contribution in [0.4, 0.5) is 5.69 Å². The van der Waals surface area contributed by atoms with Gasteiger partial charge in [0.2, 0.25) is 5.88 Å². The van der Waals surface area contributed by atoms with Crippen LogP contribution in [0.3, 0.4) is 0 Å². The van der Waals surface area contributed by atoms with E-state index in [0.717, 1.165) is 6.04 Å². The van der Waals surface area contributed by atoms with Crippen molar-refractivity contribution in [1.29, 1.82) is 0 Å². The fourth-order valence-corrected chi connectivity index (χ4v) is 3.98. The topological polar surface area (TPSA) is 78.3 Å². The Labute approximate surface area is 194 Å². The van der Waals surface area contributed by atoms with Crippen LogP contribution in [-0.4, -0.2) is 35.1 Å². The Morgan fingerprint density at radius 2 is 1.73 bits per heavy atom. The predicted molar refractivity (Wildman–Crippen MR) is 133 cm³/mol. The maximum absolute atomic E-state index is 13.1. The highest BCUT2D eigenvalue weighted by atomic mass is 28.3. The second-order valence-electron chi connectivity index (χ2n) is 8.98. The molecule has 7 nitrogen and oxygen atoms in total. The Morgan fingerprint density at radius 3 is 2.42 bits per heavy atom. The smallest absolute Gasteiger partial charge is 0.259 e. The number of hydrogen-bond acceptors (Lipinski definition) is 5. The summed E-state index contributed by atoms with van der Waals surface area (Å²) in [5, 5.41) is 2.92. The summed E-state index contributed by atoms with van der Waals surface area (Å²) in [5.41, 5.74) is 2.15. The number of aromatic nitrogens is 3. The van der Waals surface area contributed by atoms with Crippen LogP contribution in [0.2, 0.25) is 25.7 Å². The largest absolute Gasteiger partial charge is 0.437 e. The van der Waals surface area contributed by atoms with Gasteiger partial charge in [-0.15, -0.1) is 0 Å². The van der Waals surface area contributed by atoms with E-state index in [2.05, 4.69) is 34.9 Å². The lowest BCUT2D eigenvalue weighted by Crippen LogP contribution is -2.22. The van der Waals surface area contributed by atoms with Gasteiger partial charge in [-0.25, -0.2) is 9.97 Å². The van der Waals surface area contributed by atoms with Crippen LogP contribution >= 0.6 is 0 Å². The number of ether oxygens (including phenoxy) is 2. The first-order chi connectivity index (χ1) is 15.9. The van der Waals surface area contributed by atoms with Crippen LogP contribution in [0.25, 0.3) is 11.2 Å². The first-order valence-corrected chi connectivity index (χ1v) is 14.6. The minimum atomic E-state index is -1.19. The van der Waals surface area contributed by atoms with E-state index in [-0.39, 0.29) is 5.91 Å². The molecule has 0 bridgehead atoms. The van der Waals surface area contributed by atoms with Gasteiger partial charge in [-0.05, 0) is 30.3 Å². The lowest BCUT2D eigenvalue weighted by atomic mass is 10.2. The highest BCUT2D eigenvalue weighted by molar-refractivity contribution is 6.76. The Hall–Kier alpha value is -3.49. The van der Waals surface area contributed by atoms with Crippen molar-refractivity contribution < 1.29 is 14.3 Å². The lowest BCUT2D eigenvalue weighted by molar-refractivity contribution is 0.0895. The molecular weight excluding hydrogens is 432 g/mol. The fourth-order valence-electron chi connectivity index (χ4n) is 3.22. The second-order valence-corrected chi connectivity index (χ2v) is 14.6. The van der Waals surface area contributed by atoms with Crippen LogP contribution in [0.1, 0.15) is 10.4 Å². The van der Waals surface area contributed by atoms with E-state index in [9.17, 15) is 4.79 Å². The van der Waals surface area contributed by atoms with E-state index in [0.29, 0.717) is 47.4 Å². The molecule has 8 heteroatoms. The summed E-state index contributed by atoms with van der Waals surface area (Å²) < 4.78 is 13.6. The molecule has 2 aromatic heterocycles. The van der Waals surface area contributed by atoms with Gasteiger partial charge in [0.15, 0.2) is 5.65 Å². The normalized spacial score (nSPS) is 11.5. The van der Waals surface area contributed by atoms with E-state index >= 15 is 0 Å². The number of fused-ring (bicyclic) bond motifs is 1. The molecule has 0 aliphatic rings. The predicted octanol–water partition coefficient (Wildman–Crippen LogP) is 5.79. The van der Waals surface area contributed by atoms with Crippen LogP contribution in [0, 0.1) is 0 Å². The minimum absolute atomic E-state index is 0.266. The molecule has 0 spiro atoms. The van der Waals surface area contributed by atoms with Crippen LogP contribution in [-0.2, 0) is 11.5 Å². The number of para-hydroxylation sites is 2. The summed E-state index contributed by atoms with van der Waals surface area (Å²) in [5.74, 6) is 0.702. The molecule has 2 heterocycles. The zero-order chi connectivity index (χ0) is 23.3. The molecule has 0 saturated heterocycles. The van der Waals surface area contributed by atoms with Gasteiger partial charge in [-0.3, -0.25) is 4.79 Å². The summed E-state index contributed by atoms with van der Waals surface area (Å²) in [6.45, 7) is 7.91. The number of carbonyl (C=O) groups is 1. The van der Waals surface area contributed by atoms with Gasteiger partial charge in [-0.1, -0.05) is 56.0 Å². The summed E-state index contributed by atoms with van der Waals surface area (Å²) in [4.78, 5) is 22.2. The van der Waals surface area contributed by atoms with Crippen LogP contribution in [0.5, 0.6) is 11.6 Å². The van der Waals surface area contributed by atoms with E-state index in [4.69, 9.17) is 9.47 Å². The Kier molecular flexibility index (Phi) is 6.86. The molecule has 0 saturated carbocycles. The summed E-state index contributed by atoms with van der Waals surface area (Å²) in [6.07, 6.45) is 3.30. The second kappa shape index (κ2) is 9.97. The molecule has 4 rings (SSSR count). The molecule has 2 aromatic carbocycles. The maximum atomic E-state index is 13.1. The molecule has 0 fully saturated rings. The van der Waals surface area contributed by atoms with E-state index in [1.54, 1.807) is 12.4 Å². The van der Waals surface area contributed by atoms with Crippen molar-refractivity contribution in [1.82, 2.24) is 14.5 Å². The van der Waals surface area contributed by atoms with E-state index in [1.807, 2.05) is 65.2 Å². The van der Waals surface area contributed by atoms with Gasteiger partial charge in [0.1, 0.15) is 18.0 Å². The van der Waals surface area contributed by atoms with Crippen LogP contribution < -0.4 is 10.1 Å². The number of benzene rings is 2. The van der Waals surface area contributed by atoms with Crippen LogP contribution in [0.15, 0.2) is 73.1 Å². The molecule has 0 unspecified atom stereocenters. The Bertz CT molecular complexity index is 1220. The summed E-state index contributed by atoms with van der Waals surface area (Å²) >= 11 is 0. The Balaban J connectivity index is 1.62. The van der Waals surface area contributed by atoms with Crippen molar-refractivity contribution >= 4 is 30.8 Å². The fraction of sp³-hybridized carbons (Fsp3) is 0.240. The number of nitrogens with zero attached hydrogens (tertiary/aromatic N) is 3. The molecule has 0 radical (unpaired) electrons. The molecule has 0 aliphatic carbocycles. The van der Waals surface area contributed by atoms with Gasteiger partial charge in [0, 0.05) is 26.6 Å². The van der Waals surface area contributed by atoms with Crippen molar-refractivity contribution in [3.8, 4) is 11.6 Å². The monoisotopic (exact) mass is 460 g/mol. The molecule has 0 aliphatic heterocycles. The van der Waals surface area contributed by atoms with Crippen molar-refractivity contribution in [2.24, 2.45) is 0 Å². The number of nitrogens with one attached hydrogen (secondary N) is 1. The highest BCUT2D eigenvalue weighted by Gasteiger charge is 2.19. The average molecular weight is 461 g/mol. The number of hydrogen-bond donors (Lipinski definition) is 1. The third-order valence-electron chi connectivity index (χ3n) is 5.01. The maximum Gasteiger partial charge on any atom is 0.259 e. The van der Waals surface area contributed by atoms with Crippen molar-refractivity contribution in [2.75, 3.05) is 11.9 Å². The summed E-state index contributed by atoms with van der Waals surface area (Å²) in [7, 11) is -1.19. The standard InChI is InChI=1S/C25H28N4O3Si/c1-33(2,3)15-14-31-18-29-17-21(25(30)27-19-10-6-4-7-11-19)23-24(29)26-16-22(28-23)32-20-12-8-5-9-13-20/h4-13,16-17H,14-15,18H2,1-3H3,(H,27,30). The van der Waals surface area contributed by atoms with Gasteiger partial charge in [0.25, 0.3) is 5.91 Å². The quantitative estimate of drug-likeness (QED) is 0.253. The zero-order valence-corrected chi connectivity index (χ0v) is 20.1. The van der Waals surface area contributed by atoms with Crippen molar-refractivity contribution in [3.63, 3.8) is 0 Å². The molecule has 1 amide bonds. The summed E-state index contributed by atoms with van der Waals surface area (Å²) in [6, 6.07) is 19.7. The lowest BCUT2D eigenvalue weighted by Gasteiger charge is -2.15. The van der Waals surface area contributed by atoms with Gasteiger partial charge >= 0.3 is 0 Å². The molecular formula is C25H28N4O3Si. The minimum Gasteiger partial charge on any atom is -0.437 e. The zero-order valence-electron chi connectivity index (χ0n) is 19.1. The number of carbonyl (C=O) groups excluding carboxylic acids is 1. The Morgan fingerprint density at radius 1 is 1.03 bits per heavy atom. The van der Waals surface area contributed by atoms with Crippen molar-refractivity contribution in [3.05, 3.63) is 78.6 Å². The highest BCUT2D eigenvalue weighted by Crippen LogP contribution is 2.25. The van der Waals surface area contributed by atoms with Gasteiger partial charge in [-0.2, -0.15) is 0 Å².